The molecular formula is C19H16F2IN3O5S. The maximum absolute atomic E-state index is 14.0. The Morgan fingerprint density at radius 3 is 2.58 bits per heavy atom. The van der Waals surface area contributed by atoms with E-state index in [4.69, 9.17) is 9.15 Å². The summed E-state index contributed by atoms with van der Waals surface area (Å²) in [7, 11) is -3.83. The predicted molar refractivity (Wildman–Crippen MR) is 117 cm³/mol. The van der Waals surface area contributed by atoms with Crippen LogP contribution in [0.1, 0.15) is 16.1 Å². The average molecular weight is 563 g/mol. The number of anilines is 1. The highest BCUT2D eigenvalue weighted by Gasteiger charge is 2.16. The number of halogens is 3. The summed E-state index contributed by atoms with van der Waals surface area (Å²) in [6.45, 7) is 0.0521. The first-order valence-electron chi connectivity index (χ1n) is 8.73. The van der Waals surface area contributed by atoms with E-state index < -0.39 is 33.3 Å². The lowest BCUT2D eigenvalue weighted by Crippen LogP contribution is -2.26. The van der Waals surface area contributed by atoms with Crippen molar-refractivity contribution in [2.75, 3.05) is 17.5 Å². The quantitative estimate of drug-likeness (QED) is 0.405. The lowest BCUT2D eigenvalue weighted by Gasteiger charge is -2.09. The molecule has 1 aromatic heterocycles. The van der Waals surface area contributed by atoms with E-state index in [9.17, 15) is 22.0 Å². The zero-order valence-corrected chi connectivity index (χ0v) is 19.0. The number of amides is 1. The van der Waals surface area contributed by atoms with Crippen molar-refractivity contribution in [1.29, 1.82) is 0 Å². The molecule has 164 valence electrons. The molecule has 1 heterocycles. The molecular weight excluding hydrogens is 547 g/mol. The van der Waals surface area contributed by atoms with Crippen molar-refractivity contribution in [3.8, 4) is 11.8 Å². The van der Waals surface area contributed by atoms with Crippen molar-refractivity contribution >= 4 is 44.2 Å². The van der Waals surface area contributed by atoms with Gasteiger partial charge in [0.2, 0.25) is 10.0 Å². The SMILES string of the molecule is CS(=O)(=O)Nc1c(F)cc(CCNC(=O)c2coc(Oc3cccc(I)c3)n2)cc1F. The van der Waals surface area contributed by atoms with Crippen LogP contribution in [0.3, 0.4) is 0 Å². The van der Waals surface area contributed by atoms with Crippen molar-refractivity contribution in [2.45, 2.75) is 6.42 Å². The van der Waals surface area contributed by atoms with Gasteiger partial charge in [0.25, 0.3) is 5.91 Å². The molecule has 0 fully saturated rings. The molecule has 0 saturated heterocycles. The van der Waals surface area contributed by atoms with Crippen LogP contribution in [-0.4, -0.2) is 32.1 Å². The van der Waals surface area contributed by atoms with Crippen LogP contribution >= 0.6 is 22.6 Å². The summed E-state index contributed by atoms with van der Waals surface area (Å²) in [6.07, 6.45) is 1.91. The number of sulfonamides is 1. The number of aromatic nitrogens is 1. The van der Waals surface area contributed by atoms with E-state index in [0.717, 1.165) is 28.2 Å². The van der Waals surface area contributed by atoms with Crippen LogP contribution < -0.4 is 14.8 Å². The van der Waals surface area contributed by atoms with Crippen LogP contribution in [0.25, 0.3) is 0 Å². The van der Waals surface area contributed by atoms with Crippen LogP contribution in [0.5, 0.6) is 11.8 Å². The molecule has 31 heavy (non-hydrogen) atoms. The average Bonchev–Trinajstić information content (AvgIpc) is 3.12. The van der Waals surface area contributed by atoms with E-state index >= 15 is 0 Å². The Hall–Kier alpha value is -2.74. The van der Waals surface area contributed by atoms with Gasteiger partial charge in [0.05, 0.1) is 6.26 Å². The molecule has 0 atom stereocenters. The number of ether oxygens (including phenoxy) is 1. The Kier molecular flexibility index (Phi) is 7.10. The minimum atomic E-state index is -3.83. The van der Waals surface area contributed by atoms with E-state index in [-0.39, 0.29) is 30.3 Å². The zero-order valence-electron chi connectivity index (χ0n) is 16.0. The Balaban J connectivity index is 1.56. The Morgan fingerprint density at radius 1 is 1.23 bits per heavy atom. The van der Waals surface area contributed by atoms with Gasteiger partial charge in [-0.25, -0.2) is 17.2 Å². The van der Waals surface area contributed by atoms with E-state index in [1.165, 1.54) is 0 Å². The van der Waals surface area contributed by atoms with Gasteiger partial charge in [-0.05, 0) is 64.9 Å². The lowest BCUT2D eigenvalue weighted by molar-refractivity contribution is 0.0949. The second-order valence-electron chi connectivity index (χ2n) is 6.37. The molecule has 0 aliphatic rings. The summed E-state index contributed by atoms with van der Waals surface area (Å²) in [5, 5.41) is 2.55. The smallest absolute Gasteiger partial charge is 0.399 e. The summed E-state index contributed by atoms with van der Waals surface area (Å²) < 4.78 is 63.7. The molecule has 0 unspecified atom stereocenters. The minimum absolute atomic E-state index is 0.0225. The summed E-state index contributed by atoms with van der Waals surface area (Å²) >= 11 is 2.12. The number of nitrogens with zero attached hydrogens (tertiary/aromatic N) is 1. The van der Waals surface area contributed by atoms with Gasteiger partial charge in [-0.15, -0.1) is 0 Å². The molecule has 3 rings (SSSR count). The Morgan fingerprint density at radius 2 is 1.94 bits per heavy atom. The van der Waals surface area contributed by atoms with Crippen LogP contribution in [0.15, 0.2) is 47.1 Å². The number of hydrogen-bond donors (Lipinski definition) is 2. The topological polar surface area (TPSA) is 111 Å². The fraction of sp³-hybridized carbons (Fsp3) is 0.158. The van der Waals surface area contributed by atoms with Crippen LogP contribution in [0.4, 0.5) is 14.5 Å². The summed E-state index contributed by atoms with van der Waals surface area (Å²) in [6, 6.07) is 9.14. The first-order valence-corrected chi connectivity index (χ1v) is 11.7. The second-order valence-corrected chi connectivity index (χ2v) is 9.37. The predicted octanol–water partition coefficient (Wildman–Crippen LogP) is 3.69. The Labute approximate surface area is 190 Å². The van der Waals surface area contributed by atoms with E-state index in [1.807, 2.05) is 6.07 Å². The number of benzene rings is 2. The molecule has 0 aliphatic carbocycles. The first-order chi connectivity index (χ1) is 14.6. The summed E-state index contributed by atoms with van der Waals surface area (Å²) in [5.41, 5.74) is -0.540. The van der Waals surface area contributed by atoms with Crippen molar-refractivity contribution in [3.05, 3.63) is 69.1 Å². The number of rotatable bonds is 8. The molecule has 0 aliphatic heterocycles. The molecule has 12 heteroatoms. The molecule has 2 aromatic carbocycles. The Bertz CT molecular complexity index is 1190. The highest BCUT2D eigenvalue weighted by atomic mass is 127. The third kappa shape index (κ3) is 6.62. The number of nitrogens with one attached hydrogen (secondary N) is 2. The van der Waals surface area contributed by atoms with Crippen molar-refractivity contribution in [3.63, 3.8) is 0 Å². The highest BCUT2D eigenvalue weighted by molar-refractivity contribution is 14.1. The maximum Gasteiger partial charge on any atom is 0.399 e. The zero-order chi connectivity index (χ0) is 22.6. The molecule has 0 bridgehead atoms. The van der Waals surface area contributed by atoms with Gasteiger partial charge in [-0.3, -0.25) is 9.52 Å². The third-order valence-corrected chi connectivity index (χ3v) is 5.05. The van der Waals surface area contributed by atoms with Gasteiger partial charge in [0.15, 0.2) is 17.3 Å². The fourth-order valence-electron chi connectivity index (χ4n) is 2.50. The van der Waals surface area contributed by atoms with Crippen molar-refractivity contribution in [1.82, 2.24) is 10.3 Å². The normalized spacial score (nSPS) is 11.2. The molecule has 1 amide bonds. The van der Waals surface area contributed by atoms with Crippen LogP contribution in [0.2, 0.25) is 0 Å². The van der Waals surface area contributed by atoms with Crippen molar-refractivity contribution < 1.29 is 31.1 Å². The fourth-order valence-corrected chi connectivity index (χ4v) is 3.58. The first kappa shape index (κ1) is 22.9. The van der Waals surface area contributed by atoms with Crippen LogP contribution in [0, 0.1) is 15.2 Å². The molecule has 3 aromatic rings. The molecule has 2 N–H and O–H groups in total. The number of hydrogen-bond acceptors (Lipinski definition) is 6. The monoisotopic (exact) mass is 563 g/mol. The number of carbonyl (C=O) groups excluding carboxylic acids is 1. The standard InChI is InChI=1S/C19H16F2IN3O5S/c1-31(27,28)25-17-14(20)7-11(8-15(17)21)5-6-23-18(26)16-10-29-19(24-16)30-13-4-2-3-12(22)9-13/h2-4,7-10,25H,5-6H2,1H3,(H,23,26). The molecule has 0 saturated carbocycles. The molecule has 0 spiro atoms. The molecule has 8 nitrogen and oxygen atoms in total. The van der Waals surface area contributed by atoms with E-state index in [2.05, 4.69) is 32.9 Å². The second kappa shape index (κ2) is 9.60. The van der Waals surface area contributed by atoms with Gasteiger partial charge >= 0.3 is 6.08 Å². The summed E-state index contributed by atoms with van der Waals surface area (Å²) in [5.74, 6) is -2.17. The van der Waals surface area contributed by atoms with E-state index in [0.29, 0.717) is 5.75 Å². The van der Waals surface area contributed by atoms with Crippen molar-refractivity contribution in [2.24, 2.45) is 0 Å². The number of carbonyl (C=O) groups is 1. The number of oxazole rings is 1. The largest absolute Gasteiger partial charge is 0.416 e. The van der Waals surface area contributed by atoms with Gasteiger partial charge in [-0.1, -0.05) is 6.07 Å². The highest BCUT2D eigenvalue weighted by Crippen LogP contribution is 2.23. The van der Waals surface area contributed by atoms with Gasteiger partial charge < -0.3 is 14.5 Å². The molecule has 0 radical (unpaired) electrons. The summed E-state index contributed by atoms with van der Waals surface area (Å²) in [4.78, 5) is 16.1. The van der Waals surface area contributed by atoms with E-state index in [1.54, 1.807) is 22.9 Å². The minimum Gasteiger partial charge on any atom is -0.416 e. The van der Waals surface area contributed by atoms with Gasteiger partial charge in [0, 0.05) is 10.1 Å². The van der Waals surface area contributed by atoms with Gasteiger partial charge in [-0.2, -0.15) is 4.98 Å². The van der Waals surface area contributed by atoms with Crippen LogP contribution in [-0.2, 0) is 16.4 Å². The maximum atomic E-state index is 14.0. The third-order valence-electron chi connectivity index (χ3n) is 3.81. The van der Waals surface area contributed by atoms with Gasteiger partial charge in [0.1, 0.15) is 17.7 Å². The lowest BCUT2D eigenvalue weighted by atomic mass is 10.1.